The van der Waals surface area contributed by atoms with Crippen molar-refractivity contribution >= 4 is 43.3 Å². The van der Waals surface area contributed by atoms with E-state index >= 15 is 0 Å². The lowest BCUT2D eigenvalue weighted by atomic mass is 10.1. The van der Waals surface area contributed by atoms with E-state index in [9.17, 15) is 33.3 Å². The second kappa shape index (κ2) is 23.7. The summed E-state index contributed by atoms with van der Waals surface area (Å²) < 4.78 is 49.2. The number of phosphoric ester groups is 1. The Balaban J connectivity index is 1.50. The van der Waals surface area contributed by atoms with Crippen LogP contribution in [0.4, 0.5) is 0 Å². The largest absolute Gasteiger partial charge is 0.475 e. The first-order valence-corrected chi connectivity index (χ1v) is 21.7. The fourth-order valence-electron chi connectivity index (χ4n) is 6.77. The molecule has 18 nitrogen and oxygen atoms in total. The highest BCUT2D eigenvalue weighted by molar-refractivity contribution is 7.48. The Bertz CT molecular complexity index is 1960. The summed E-state index contributed by atoms with van der Waals surface area (Å²) in [4.78, 5) is 82.4. The van der Waals surface area contributed by atoms with Gasteiger partial charge in [0.15, 0.2) is 0 Å². The predicted molar refractivity (Wildman–Crippen MR) is 222 cm³/mol. The summed E-state index contributed by atoms with van der Waals surface area (Å²) in [7, 11) is -3.41. The molecule has 0 saturated carbocycles. The smallest absolute Gasteiger partial charge is 0.467 e. The van der Waals surface area contributed by atoms with Crippen molar-refractivity contribution in [1.29, 1.82) is 0 Å². The van der Waals surface area contributed by atoms with Crippen LogP contribution in [0.5, 0.6) is 0 Å². The van der Waals surface area contributed by atoms with Crippen molar-refractivity contribution in [3.05, 3.63) is 108 Å². The maximum absolute atomic E-state index is 14.8. The number of hydrogen-bond donors (Lipinski definition) is 4. The number of hydrogen-bond acceptors (Lipinski definition) is 13. The van der Waals surface area contributed by atoms with Gasteiger partial charge in [0, 0.05) is 32.9 Å². The number of nitrogens with one attached hydrogen (secondary N) is 4. The maximum atomic E-state index is 14.8. The predicted octanol–water partition coefficient (Wildman–Crippen LogP) is 2.69. The highest BCUT2D eigenvalue weighted by Gasteiger charge is 2.46. The first-order chi connectivity index (χ1) is 29.8. The highest BCUT2D eigenvalue weighted by Crippen LogP contribution is 2.52. The highest BCUT2D eigenvalue weighted by atomic mass is 31.2. The molecule has 3 aromatic carbocycles. The van der Waals surface area contributed by atoms with E-state index in [2.05, 4.69) is 21.3 Å². The van der Waals surface area contributed by atoms with Crippen LogP contribution in [0.25, 0.3) is 0 Å². The van der Waals surface area contributed by atoms with E-state index in [1.165, 1.54) is 25.9 Å². The molecule has 2 fully saturated rings. The molecule has 6 atom stereocenters. The normalized spacial score (nSPS) is 22.3. The Hall–Kier alpha value is -5.49. The van der Waals surface area contributed by atoms with Crippen molar-refractivity contribution in [1.82, 2.24) is 26.2 Å². The van der Waals surface area contributed by atoms with Crippen molar-refractivity contribution in [2.45, 2.75) is 89.3 Å². The molecule has 2 aliphatic heterocycles. The van der Waals surface area contributed by atoms with Crippen molar-refractivity contribution in [2.75, 3.05) is 33.4 Å². The van der Waals surface area contributed by atoms with Crippen molar-refractivity contribution in [2.24, 2.45) is 0 Å². The fraction of sp³-hybridized carbons (Fsp3) is 0.442. The van der Waals surface area contributed by atoms with Gasteiger partial charge in [-0.2, -0.15) is 0 Å². The lowest BCUT2D eigenvalue weighted by molar-refractivity contribution is -0.153. The second-order valence-electron chi connectivity index (χ2n) is 14.7. The number of carbonyl (C=O) groups excluding carboxylic acids is 6. The molecule has 2 aliphatic rings. The quantitative estimate of drug-likeness (QED) is 0.127. The number of fused-ring (bicyclic) bond motifs is 2. The van der Waals surface area contributed by atoms with Crippen molar-refractivity contribution < 1.29 is 61.1 Å². The Morgan fingerprint density at radius 1 is 0.855 bits per heavy atom. The van der Waals surface area contributed by atoms with Gasteiger partial charge >= 0.3 is 13.8 Å². The number of esters is 1. The maximum Gasteiger partial charge on any atom is 0.475 e. The average molecular weight is 880 g/mol. The first-order valence-electron chi connectivity index (χ1n) is 20.3. The molecule has 5 rings (SSSR count). The van der Waals surface area contributed by atoms with E-state index in [4.69, 9.17) is 27.8 Å². The van der Waals surface area contributed by atoms with E-state index in [0.29, 0.717) is 11.1 Å². The number of benzene rings is 3. The Kier molecular flexibility index (Phi) is 18.1. The van der Waals surface area contributed by atoms with Crippen LogP contribution >= 0.6 is 7.82 Å². The van der Waals surface area contributed by atoms with Gasteiger partial charge in [-0.3, -0.25) is 37.5 Å². The summed E-state index contributed by atoms with van der Waals surface area (Å²) >= 11 is 0. The molecular formula is C43H54N5O13P. The Morgan fingerprint density at radius 3 is 2.00 bits per heavy atom. The van der Waals surface area contributed by atoms with Crippen LogP contribution in [0.2, 0.25) is 0 Å². The molecular weight excluding hydrogens is 825 g/mol. The lowest BCUT2D eigenvalue weighted by Gasteiger charge is -2.33. The van der Waals surface area contributed by atoms with E-state index in [-0.39, 0.29) is 58.8 Å². The van der Waals surface area contributed by atoms with Gasteiger partial charge < -0.3 is 40.4 Å². The van der Waals surface area contributed by atoms with E-state index in [0.717, 1.165) is 5.56 Å². The summed E-state index contributed by atoms with van der Waals surface area (Å²) in [6.07, 6.45) is -2.43. The first kappa shape index (κ1) is 47.6. The molecule has 62 heavy (non-hydrogen) atoms. The molecule has 334 valence electrons. The third-order valence-electron chi connectivity index (χ3n) is 9.97. The van der Waals surface area contributed by atoms with E-state index < -0.39 is 86.3 Å². The third-order valence-corrected chi connectivity index (χ3v) is 11.5. The fourth-order valence-corrected chi connectivity index (χ4v) is 8.11. The van der Waals surface area contributed by atoms with Gasteiger partial charge in [0.1, 0.15) is 24.2 Å². The third kappa shape index (κ3) is 14.6. The zero-order valence-corrected chi connectivity index (χ0v) is 35.8. The molecule has 4 N–H and O–H groups in total. The standard InChI is InChI=1S/C43H54N5O13P/c1-29(61-62(55,59-26-32-15-9-5-10-16-32)60-27-33-17-11-6-12-18-33)39-42(53)48-24-34(23-37(48)43(54)56-3)58-22-21-44-38(50)20-19-35(45-30(2)49)40(51)46-36(41(52)47-39)28-57-25-31-13-7-4-8-14-31/h4-18,29,34-37,39H,19-28H2,1-3H3,(H,44,50)(H,45,49)(H,46,51)(H,47,52)/t29-,34-,35+,36+,37+,39+/m1/s1. The summed E-state index contributed by atoms with van der Waals surface area (Å²) in [6.45, 7) is 1.74. The Labute approximate surface area is 360 Å². The van der Waals surface area contributed by atoms with Gasteiger partial charge in [-0.15, -0.1) is 0 Å². The second-order valence-corrected chi connectivity index (χ2v) is 16.3. The number of methoxy groups -OCH3 is 1. The SMILES string of the molecule is COC(=O)[C@@H]1C[C@@H]2CN1C(=O)[C@H]([C@@H](C)OP(=O)(OCc1ccccc1)OCc1ccccc1)NC(=O)[C@H](COCc1ccccc1)NC(=O)[C@@H](NC(C)=O)CCC(=O)NCCO2. The molecule has 0 unspecified atom stereocenters. The van der Waals surface area contributed by atoms with Crippen LogP contribution in [0.3, 0.4) is 0 Å². The minimum absolute atomic E-state index is 0.00691. The van der Waals surface area contributed by atoms with Crippen LogP contribution < -0.4 is 21.3 Å². The van der Waals surface area contributed by atoms with Gasteiger partial charge in [0.05, 0.1) is 52.4 Å². The van der Waals surface area contributed by atoms with Gasteiger partial charge in [-0.1, -0.05) is 91.0 Å². The minimum atomic E-state index is -4.58. The minimum Gasteiger partial charge on any atom is -0.467 e. The van der Waals surface area contributed by atoms with Gasteiger partial charge in [-0.05, 0) is 30.0 Å². The summed E-state index contributed by atoms with van der Waals surface area (Å²) in [6, 6.07) is 21.1. The molecule has 0 aromatic heterocycles. The van der Waals surface area contributed by atoms with Crippen LogP contribution in [-0.2, 0) is 80.9 Å². The molecule has 2 saturated heterocycles. The number of phosphoric acid groups is 1. The lowest BCUT2D eigenvalue weighted by Crippen LogP contribution is -2.61. The number of carbonyl (C=O) groups is 6. The Morgan fingerprint density at radius 2 is 1.44 bits per heavy atom. The average Bonchev–Trinajstić information content (AvgIpc) is 3.71. The van der Waals surface area contributed by atoms with Gasteiger partial charge in [0.2, 0.25) is 29.5 Å². The van der Waals surface area contributed by atoms with E-state index in [1.807, 2.05) is 6.07 Å². The molecule has 5 amide bonds. The van der Waals surface area contributed by atoms with E-state index in [1.54, 1.807) is 84.9 Å². The number of rotatable bonds is 15. The van der Waals surface area contributed by atoms with Crippen LogP contribution in [0.1, 0.15) is 49.8 Å². The number of ether oxygens (including phenoxy) is 3. The number of amides is 5. The zero-order valence-electron chi connectivity index (χ0n) is 34.9. The van der Waals surface area contributed by atoms with Gasteiger partial charge in [-0.25, -0.2) is 9.36 Å². The van der Waals surface area contributed by atoms with Crippen molar-refractivity contribution in [3.63, 3.8) is 0 Å². The molecule has 2 bridgehead atoms. The molecule has 0 radical (unpaired) electrons. The van der Waals surface area contributed by atoms with Crippen molar-refractivity contribution in [3.8, 4) is 0 Å². The summed E-state index contributed by atoms with van der Waals surface area (Å²) in [5, 5.41) is 10.5. The van der Waals surface area contributed by atoms with Crippen LogP contribution in [-0.4, -0.2) is 110 Å². The zero-order chi connectivity index (χ0) is 44.5. The molecule has 2 heterocycles. The monoisotopic (exact) mass is 879 g/mol. The molecule has 0 spiro atoms. The molecule has 0 aliphatic carbocycles. The van der Waals surface area contributed by atoms with Gasteiger partial charge in [0.25, 0.3) is 0 Å². The molecule has 3 aromatic rings. The summed E-state index contributed by atoms with van der Waals surface area (Å²) in [5.41, 5.74) is 2.05. The molecule has 19 heteroatoms. The number of nitrogens with zero attached hydrogens (tertiary/aromatic N) is 1. The topological polar surface area (TPSA) is 226 Å². The van der Waals surface area contributed by atoms with Crippen LogP contribution in [0.15, 0.2) is 91.0 Å². The van der Waals surface area contributed by atoms with Crippen LogP contribution in [0, 0.1) is 0 Å². The summed E-state index contributed by atoms with van der Waals surface area (Å²) in [5.74, 6) is -4.33.